The van der Waals surface area contributed by atoms with E-state index in [0.29, 0.717) is 18.6 Å². The highest BCUT2D eigenvalue weighted by Gasteiger charge is 2.23. The first kappa shape index (κ1) is 16.8. The molecule has 0 atom stereocenters. The summed E-state index contributed by atoms with van der Waals surface area (Å²) in [4.78, 5) is 12.7. The van der Waals surface area contributed by atoms with Crippen LogP contribution in [0.25, 0.3) is 0 Å². The van der Waals surface area contributed by atoms with E-state index >= 15 is 0 Å². The van der Waals surface area contributed by atoms with Crippen molar-refractivity contribution in [1.29, 1.82) is 0 Å². The molecule has 0 unspecified atom stereocenters. The van der Waals surface area contributed by atoms with Gasteiger partial charge in [-0.1, -0.05) is 38.5 Å². The molecule has 2 aliphatic rings. The number of hydrogen-bond acceptors (Lipinski definition) is 2. The van der Waals surface area contributed by atoms with Crippen LogP contribution in [0.2, 0.25) is 0 Å². The Balaban J connectivity index is 1.65. The number of nitrogens with zero attached hydrogens (tertiary/aromatic N) is 1. The fourth-order valence-corrected chi connectivity index (χ4v) is 4.60. The van der Waals surface area contributed by atoms with E-state index in [2.05, 4.69) is 29.8 Å². The Bertz CT molecular complexity index is 534. The lowest BCUT2D eigenvalue weighted by Gasteiger charge is -2.26. The third-order valence-corrected chi connectivity index (χ3v) is 5.88. The highest BCUT2D eigenvalue weighted by atomic mass is 16.1. The molecule has 3 rings (SSSR count). The molecule has 0 radical (unpaired) electrons. The summed E-state index contributed by atoms with van der Waals surface area (Å²) in [6, 6.07) is 3.28. The number of aryl methyl sites for hydroxylation is 1. The summed E-state index contributed by atoms with van der Waals surface area (Å²) >= 11 is 0. The number of rotatable bonds is 5. The van der Waals surface area contributed by atoms with Gasteiger partial charge in [0.1, 0.15) is 0 Å². The topological polar surface area (TPSA) is 34.0 Å². The summed E-state index contributed by atoms with van der Waals surface area (Å²) in [7, 11) is 0. The predicted molar refractivity (Wildman–Crippen MR) is 95.2 cm³/mol. The van der Waals surface area contributed by atoms with E-state index in [1.54, 1.807) is 0 Å². The normalized spacial score (nSPS) is 20.8. The van der Waals surface area contributed by atoms with Gasteiger partial charge in [0.05, 0.1) is 6.54 Å². The second-order valence-corrected chi connectivity index (χ2v) is 7.59. The number of ketones is 1. The van der Waals surface area contributed by atoms with Crippen LogP contribution in [-0.2, 0) is 0 Å². The van der Waals surface area contributed by atoms with Crippen molar-refractivity contribution in [3.63, 3.8) is 0 Å². The van der Waals surface area contributed by atoms with Gasteiger partial charge in [-0.25, -0.2) is 0 Å². The monoisotopic (exact) mass is 316 g/mol. The van der Waals surface area contributed by atoms with Gasteiger partial charge in [0, 0.05) is 29.0 Å². The average molecular weight is 316 g/mol. The quantitative estimate of drug-likeness (QED) is 0.798. The molecule has 0 bridgehead atoms. The van der Waals surface area contributed by atoms with E-state index < -0.39 is 0 Å². The molecule has 1 aromatic heterocycles. The van der Waals surface area contributed by atoms with Gasteiger partial charge in [-0.3, -0.25) is 4.79 Å². The Labute approximate surface area is 140 Å². The summed E-state index contributed by atoms with van der Waals surface area (Å²) in [6.07, 6.45) is 13.0. The Morgan fingerprint density at radius 2 is 1.65 bits per heavy atom. The second kappa shape index (κ2) is 7.65. The third kappa shape index (κ3) is 3.88. The first-order valence-corrected chi connectivity index (χ1v) is 9.62. The first-order chi connectivity index (χ1) is 11.2. The van der Waals surface area contributed by atoms with E-state index in [4.69, 9.17) is 0 Å². The zero-order chi connectivity index (χ0) is 16.2. The Kier molecular flexibility index (Phi) is 5.58. The van der Waals surface area contributed by atoms with Gasteiger partial charge in [0.2, 0.25) is 0 Å². The summed E-state index contributed by atoms with van der Waals surface area (Å²) in [5.74, 6) is 0.269. The van der Waals surface area contributed by atoms with Gasteiger partial charge in [-0.15, -0.1) is 0 Å². The van der Waals surface area contributed by atoms with E-state index in [-0.39, 0.29) is 5.78 Å². The number of aromatic nitrogens is 1. The summed E-state index contributed by atoms with van der Waals surface area (Å²) in [5, 5.41) is 3.50. The van der Waals surface area contributed by atoms with Crippen molar-refractivity contribution in [1.82, 2.24) is 9.88 Å². The molecule has 0 spiro atoms. The predicted octanol–water partition coefficient (Wildman–Crippen LogP) is 4.72. The van der Waals surface area contributed by atoms with Crippen molar-refractivity contribution >= 4 is 5.78 Å². The molecule has 2 fully saturated rings. The van der Waals surface area contributed by atoms with Gasteiger partial charge >= 0.3 is 0 Å². The molecule has 0 amide bonds. The SMILES string of the molecule is Cc1cc(C(=O)CNC2CCCCC2)c(C)n1C1CCCCC1. The van der Waals surface area contributed by atoms with Gasteiger partial charge < -0.3 is 9.88 Å². The lowest BCUT2D eigenvalue weighted by atomic mass is 9.95. The van der Waals surface area contributed by atoms with Crippen molar-refractivity contribution in [3.05, 3.63) is 23.0 Å². The van der Waals surface area contributed by atoms with Crippen molar-refractivity contribution in [2.45, 2.75) is 90.1 Å². The molecule has 128 valence electrons. The van der Waals surface area contributed by atoms with Crippen LogP contribution in [0.3, 0.4) is 0 Å². The molecule has 0 saturated heterocycles. The zero-order valence-electron chi connectivity index (χ0n) is 14.9. The van der Waals surface area contributed by atoms with Gasteiger partial charge in [-0.2, -0.15) is 0 Å². The maximum atomic E-state index is 12.7. The minimum atomic E-state index is 0.269. The van der Waals surface area contributed by atoms with Crippen LogP contribution < -0.4 is 5.32 Å². The fraction of sp³-hybridized carbons (Fsp3) is 0.750. The van der Waals surface area contributed by atoms with Crippen LogP contribution in [0.15, 0.2) is 6.07 Å². The molecule has 2 saturated carbocycles. The molecule has 23 heavy (non-hydrogen) atoms. The summed E-state index contributed by atoms with van der Waals surface area (Å²) < 4.78 is 2.44. The molecule has 1 aromatic rings. The number of nitrogens with one attached hydrogen (secondary N) is 1. The third-order valence-electron chi connectivity index (χ3n) is 5.88. The van der Waals surface area contributed by atoms with Crippen LogP contribution >= 0.6 is 0 Å². The number of hydrogen-bond donors (Lipinski definition) is 1. The lowest BCUT2D eigenvalue weighted by Crippen LogP contribution is -2.35. The molecule has 1 N–H and O–H groups in total. The van der Waals surface area contributed by atoms with E-state index in [9.17, 15) is 4.79 Å². The van der Waals surface area contributed by atoms with Crippen LogP contribution in [0.5, 0.6) is 0 Å². The standard InChI is InChI=1S/C20H32N2O/c1-15-13-19(16(2)22(15)18-11-7-4-8-12-18)20(23)14-21-17-9-5-3-6-10-17/h13,17-18,21H,3-12,14H2,1-2H3. The molecule has 0 aliphatic heterocycles. The number of carbonyl (C=O) groups is 1. The molecule has 2 aliphatic carbocycles. The van der Waals surface area contributed by atoms with Gasteiger partial charge in [0.15, 0.2) is 5.78 Å². The molecule has 0 aromatic carbocycles. The maximum absolute atomic E-state index is 12.7. The second-order valence-electron chi connectivity index (χ2n) is 7.59. The molecular formula is C20H32N2O. The van der Waals surface area contributed by atoms with Gasteiger partial charge in [0.25, 0.3) is 0 Å². The average Bonchev–Trinajstić information content (AvgIpc) is 2.89. The Morgan fingerprint density at radius 3 is 2.30 bits per heavy atom. The highest BCUT2D eigenvalue weighted by Crippen LogP contribution is 2.32. The fourth-order valence-electron chi connectivity index (χ4n) is 4.60. The van der Waals surface area contributed by atoms with E-state index in [0.717, 1.165) is 5.56 Å². The highest BCUT2D eigenvalue weighted by molar-refractivity contribution is 5.99. The van der Waals surface area contributed by atoms with Crippen LogP contribution in [0.1, 0.15) is 92.0 Å². The van der Waals surface area contributed by atoms with Crippen molar-refractivity contribution in [3.8, 4) is 0 Å². The van der Waals surface area contributed by atoms with E-state index in [1.165, 1.54) is 75.6 Å². The van der Waals surface area contributed by atoms with Crippen molar-refractivity contribution in [2.75, 3.05) is 6.54 Å². The maximum Gasteiger partial charge on any atom is 0.178 e. The van der Waals surface area contributed by atoms with Gasteiger partial charge in [-0.05, 0) is 45.6 Å². The van der Waals surface area contributed by atoms with Crippen molar-refractivity contribution in [2.24, 2.45) is 0 Å². The lowest BCUT2D eigenvalue weighted by molar-refractivity contribution is 0.0984. The Morgan fingerprint density at radius 1 is 1.04 bits per heavy atom. The van der Waals surface area contributed by atoms with Crippen molar-refractivity contribution < 1.29 is 4.79 Å². The molecule has 3 nitrogen and oxygen atoms in total. The zero-order valence-corrected chi connectivity index (χ0v) is 14.9. The largest absolute Gasteiger partial charge is 0.345 e. The van der Waals surface area contributed by atoms with E-state index in [1.807, 2.05) is 0 Å². The van der Waals surface area contributed by atoms with Crippen LogP contribution in [-0.4, -0.2) is 22.9 Å². The molecular weight excluding hydrogens is 284 g/mol. The van der Waals surface area contributed by atoms with Crippen LogP contribution in [0, 0.1) is 13.8 Å². The Hall–Kier alpha value is -1.09. The first-order valence-electron chi connectivity index (χ1n) is 9.62. The number of Topliss-reactive ketones (excluding diaryl/α,β-unsaturated/α-hetero) is 1. The molecule has 3 heteroatoms. The molecule has 1 heterocycles. The minimum absolute atomic E-state index is 0.269. The number of carbonyl (C=O) groups excluding carboxylic acids is 1. The summed E-state index contributed by atoms with van der Waals surface area (Å²) in [5.41, 5.74) is 3.39. The summed E-state index contributed by atoms with van der Waals surface area (Å²) in [6.45, 7) is 4.79. The smallest absolute Gasteiger partial charge is 0.178 e. The minimum Gasteiger partial charge on any atom is -0.345 e. The van der Waals surface area contributed by atoms with Crippen LogP contribution in [0.4, 0.5) is 0 Å².